The maximum absolute atomic E-state index is 12.9. The average Bonchev–Trinajstić information content (AvgIpc) is 2.43. The van der Waals surface area contributed by atoms with Crippen LogP contribution in [0.2, 0.25) is 0 Å². The lowest BCUT2D eigenvalue weighted by molar-refractivity contribution is -0.136. The molecule has 0 unspecified atom stereocenters. The smallest absolute Gasteiger partial charge is 0.360 e. The molecule has 7 heteroatoms. The minimum atomic E-state index is -4.59. The van der Waals surface area contributed by atoms with E-state index in [0.29, 0.717) is 0 Å². The molecule has 0 saturated carbocycles. The Kier molecular flexibility index (Phi) is 3.84. The third-order valence-electron chi connectivity index (χ3n) is 2.87. The number of aromatic nitrogens is 1. The van der Waals surface area contributed by atoms with Crippen LogP contribution in [0.15, 0.2) is 41.8 Å². The van der Waals surface area contributed by atoms with Crippen LogP contribution in [-0.2, 0) is 6.18 Å². The fourth-order valence-electron chi connectivity index (χ4n) is 1.92. The molecule has 2 N–H and O–H groups in total. The summed E-state index contributed by atoms with van der Waals surface area (Å²) in [6, 6.07) is 3.25. The van der Waals surface area contributed by atoms with Crippen LogP contribution >= 0.6 is 0 Å². The van der Waals surface area contributed by atoms with E-state index in [1.807, 2.05) is 0 Å². The van der Waals surface area contributed by atoms with Gasteiger partial charge in [0.1, 0.15) is 5.56 Å². The quantitative estimate of drug-likeness (QED) is 0.855. The summed E-state index contributed by atoms with van der Waals surface area (Å²) < 4.78 is 38.6. The van der Waals surface area contributed by atoms with Gasteiger partial charge in [0.2, 0.25) is 5.43 Å². The van der Waals surface area contributed by atoms with Gasteiger partial charge in [0.05, 0.1) is 11.1 Å². The Morgan fingerprint density at radius 1 is 1.38 bits per heavy atom. The lowest BCUT2D eigenvalue weighted by Crippen LogP contribution is -2.29. The number of benzene rings is 1. The Morgan fingerprint density at radius 2 is 2.10 bits per heavy atom. The molecule has 21 heavy (non-hydrogen) atoms. The first kappa shape index (κ1) is 14.8. The highest BCUT2D eigenvalue weighted by Gasteiger charge is 2.33. The van der Waals surface area contributed by atoms with E-state index in [-0.39, 0.29) is 23.0 Å². The van der Waals surface area contributed by atoms with Crippen LogP contribution in [0.4, 0.5) is 13.2 Å². The second-order valence-corrected chi connectivity index (χ2v) is 4.26. The molecule has 0 aliphatic rings. The summed E-state index contributed by atoms with van der Waals surface area (Å²) in [6.07, 6.45) is -2.18. The Morgan fingerprint density at radius 3 is 2.71 bits per heavy atom. The minimum Gasteiger partial charge on any atom is -0.360 e. The van der Waals surface area contributed by atoms with Gasteiger partial charge in [-0.2, -0.15) is 13.2 Å². The number of rotatable bonds is 3. The molecule has 110 valence electrons. The van der Waals surface area contributed by atoms with Crippen molar-refractivity contribution in [2.24, 2.45) is 0 Å². The molecule has 0 fully saturated rings. The first-order chi connectivity index (χ1) is 9.86. The summed E-state index contributed by atoms with van der Waals surface area (Å²) in [4.78, 5) is 26.3. The maximum atomic E-state index is 12.9. The number of carbonyl (C=O) groups excluding carboxylic acids is 1. The van der Waals surface area contributed by atoms with E-state index in [1.165, 1.54) is 12.1 Å². The molecule has 1 amide bonds. The molecular formula is C14H11F3N2O2. The summed E-state index contributed by atoms with van der Waals surface area (Å²) in [5.41, 5.74) is -2.29. The van der Waals surface area contributed by atoms with Crippen molar-refractivity contribution in [2.45, 2.75) is 6.18 Å². The van der Waals surface area contributed by atoms with Crippen LogP contribution in [0.5, 0.6) is 0 Å². The van der Waals surface area contributed by atoms with E-state index >= 15 is 0 Å². The number of fused-ring (bicyclic) bond motifs is 1. The second-order valence-electron chi connectivity index (χ2n) is 4.26. The van der Waals surface area contributed by atoms with E-state index in [1.54, 1.807) is 0 Å². The normalized spacial score (nSPS) is 11.4. The number of hydrogen-bond donors (Lipinski definition) is 2. The number of nitrogens with one attached hydrogen (secondary N) is 2. The van der Waals surface area contributed by atoms with Crippen molar-refractivity contribution < 1.29 is 18.0 Å². The Balaban J connectivity index is 2.62. The fraction of sp³-hybridized carbons (Fsp3) is 0.143. The van der Waals surface area contributed by atoms with E-state index in [2.05, 4.69) is 16.9 Å². The van der Waals surface area contributed by atoms with Gasteiger partial charge in [-0.1, -0.05) is 12.1 Å². The van der Waals surface area contributed by atoms with E-state index in [4.69, 9.17) is 0 Å². The van der Waals surface area contributed by atoms with Crippen molar-refractivity contribution in [2.75, 3.05) is 6.54 Å². The van der Waals surface area contributed by atoms with Crippen LogP contribution in [0.3, 0.4) is 0 Å². The molecule has 1 aromatic heterocycles. The Bertz CT molecular complexity index is 763. The number of amides is 1. The zero-order valence-electron chi connectivity index (χ0n) is 10.8. The fourth-order valence-corrected chi connectivity index (χ4v) is 1.92. The predicted molar refractivity (Wildman–Crippen MR) is 72.1 cm³/mol. The molecule has 0 atom stereocenters. The van der Waals surface area contributed by atoms with Gasteiger partial charge in [-0.05, 0) is 12.1 Å². The van der Waals surface area contributed by atoms with Crippen LogP contribution < -0.4 is 10.7 Å². The van der Waals surface area contributed by atoms with Gasteiger partial charge in [-0.15, -0.1) is 6.58 Å². The summed E-state index contributed by atoms with van der Waals surface area (Å²) in [5, 5.41) is 2.22. The molecular weight excluding hydrogens is 285 g/mol. The van der Waals surface area contributed by atoms with Gasteiger partial charge in [-0.25, -0.2) is 0 Å². The Hall–Kier alpha value is -2.57. The van der Waals surface area contributed by atoms with Crippen molar-refractivity contribution in [1.29, 1.82) is 0 Å². The molecule has 0 saturated heterocycles. The van der Waals surface area contributed by atoms with Crippen molar-refractivity contribution in [3.63, 3.8) is 0 Å². The first-order valence-electron chi connectivity index (χ1n) is 5.97. The maximum Gasteiger partial charge on any atom is 0.418 e. The minimum absolute atomic E-state index is 0.152. The van der Waals surface area contributed by atoms with Crippen LogP contribution in [-0.4, -0.2) is 17.4 Å². The highest BCUT2D eigenvalue weighted by atomic mass is 19.4. The SMILES string of the molecule is C=CCNC(=O)c1c[nH]c2c(C(F)(F)F)cccc2c1=O. The summed E-state index contributed by atoms with van der Waals surface area (Å²) in [7, 11) is 0. The zero-order valence-corrected chi connectivity index (χ0v) is 10.8. The number of alkyl halides is 3. The van der Waals surface area contributed by atoms with Gasteiger partial charge in [0, 0.05) is 18.1 Å². The molecule has 0 bridgehead atoms. The molecule has 2 aromatic rings. The lowest BCUT2D eigenvalue weighted by atomic mass is 10.1. The predicted octanol–water partition coefficient (Wildman–Crippen LogP) is 2.46. The number of aromatic amines is 1. The third-order valence-corrected chi connectivity index (χ3v) is 2.87. The van der Waals surface area contributed by atoms with Gasteiger partial charge < -0.3 is 10.3 Å². The number of H-pyrrole nitrogens is 1. The summed E-state index contributed by atoms with van der Waals surface area (Å²) in [6.45, 7) is 3.56. The van der Waals surface area contributed by atoms with E-state index < -0.39 is 23.1 Å². The second kappa shape index (κ2) is 5.43. The molecule has 1 heterocycles. The number of hydrogen-bond acceptors (Lipinski definition) is 2. The van der Waals surface area contributed by atoms with E-state index in [9.17, 15) is 22.8 Å². The molecule has 4 nitrogen and oxygen atoms in total. The molecule has 2 rings (SSSR count). The molecule has 0 spiro atoms. The van der Waals surface area contributed by atoms with Crippen molar-refractivity contribution in [1.82, 2.24) is 10.3 Å². The van der Waals surface area contributed by atoms with Crippen molar-refractivity contribution >= 4 is 16.8 Å². The summed E-state index contributed by atoms with van der Waals surface area (Å²) >= 11 is 0. The largest absolute Gasteiger partial charge is 0.418 e. The topological polar surface area (TPSA) is 62.0 Å². The van der Waals surface area contributed by atoms with Gasteiger partial charge in [0.25, 0.3) is 5.91 Å². The van der Waals surface area contributed by atoms with Gasteiger partial charge in [0.15, 0.2) is 0 Å². The van der Waals surface area contributed by atoms with Crippen molar-refractivity contribution in [3.05, 3.63) is 58.4 Å². The number of pyridine rings is 1. The Labute approximate surface area is 117 Å². The number of halogens is 3. The van der Waals surface area contributed by atoms with Crippen LogP contribution in [0.1, 0.15) is 15.9 Å². The van der Waals surface area contributed by atoms with E-state index in [0.717, 1.165) is 18.3 Å². The lowest BCUT2D eigenvalue weighted by Gasteiger charge is -2.10. The molecule has 1 aromatic carbocycles. The first-order valence-corrected chi connectivity index (χ1v) is 5.97. The third kappa shape index (κ3) is 2.81. The standard InChI is InChI=1S/C14H11F3N2O2/c1-2-6-18-13(21)9-7-19-11-8(12(9)20)4-3-5-10(11)14(15,16)17/h2-5,7H,1,6H2,(H,18,21)(H,19,20). The number of para-hydroxylation sites is 1. The average molecular weight is 296 g/mol. The van der Waals surface area contributed by atoms with Crippen LogP contribution in [0, 0.1) is 0 Å². The van der Waals surface area contributed by atoms with Crippen LogP contribution in [0.25, 0.3) is 10.9 Å². The van der Waals surface area contributed by atoms with Gasteiger partial charge in [-0.3, -0.25) is 9.59 Å². The van der Waals surface area contributed by atoms with Gasteiger partial charge >= 0.3 is 6.18 Å². The molecule has 0 aliphatic carbocycles. The molecule has 0 radical (unpaired) electrons. The number of carbonyl (C=O) groups is 1. The van der Waals surface area contributed by atoms with Crippen molar-refractivity contribution in [3.8, 4) is 0 Å². The highest BCUT2D eigenvalue weighted by molar-refractivity contribution is 5.97. The highest BCUT2D eigenvalue weighted by Crippen LogP contribution is 2.32. The monoisotopic (exact) mass is 296 g/mol. The summed E-state index contributed by atoms with van der Waals surface area (Å²) in [5.74, 6) is -0.671. The zero-order chi connectivity index (χ0) is 15.6. The molecule has 0 aliphatic heterocycles.